The lowest BCUT2D eigenvalue weighted by molar-refractivity contribution is 0.146. The first-order chi connectivity index (χ1) is 7.18. The van der Waals surface area contributed by atoms with Crippen LogP contribution in [-0.4, -0.2) is 26.3 Å². The van der Waals surface area contributed by atoms with Gasteiger partial charge >= 0.3 is 0 Å². The molecule has 0 aliphatic rings. The third-order valence-electron chi connectivity index (χ3n) is 2.09. The van der Waals surface area contributed by atoms with Gasteiger partial charge in [-0.15, -0.1) is 0 Å². The van der Waals surface area contributed by atoms with Crippen LogP contribution in [0.15, 0.2) is 22.9 Å². The molecule has 2 atom stereocenters. The zero-order chi connectivity index (χ0) is 10.8. The van der Waals surface area contributed by atoms with Crippen molar-refractivity contribution in [2.75, 3.05) is 0 Å². The first-order valence-electron chi connectivity index (χ1n) is 4.59. The van der Waals surface area contributed by atoms with E-state index >= 15 is 0 Å². The van der Waals surface area contributed by atoms with Gasteiger partial charge in [0.05, 0.1) is 11.8 Å². The highest BCUT2D eigenvalue weighted by Crippen LogP contribution is 2.17. The van der Waals surface area contributed by atoms with Crippen LogP contribution in [0.1, 0.15) is 18.9 Å². The molecule has 0 amide bonds. The SMILES string of the molecule is CC(O)C(N)c1nc(-c2ccc[nH]2)no1. The molecule has 0 saturated heterocycles. The van der Waals surface area contributed by atoms with Gasteiger partial charge in [-0.1, -0.05) is 5.16 Å². The van der Waals surface area contributed by atoms with Gasteiger partial charge in [0, 0.05) is 6.20 Å². The van der Waals surface area contributed by atoms with Crippen molar-refractivity contribution >= 4 is 0 Å². The van der Waals surface area contributed by atoms with Crippen LogP contribution in [0, 0.1) is 0 Å². The highest BCUT2D eigenvalue weighted by Gasteiger charge is 2.19. The number of aliphatic hydroxyl groups excluding tert-OH is 1. The predicted molar refractivity (Wildman–Crippen MR) is 52.7 cm³/mol. The minimum atomic E-state index is -0.720. The average molecular weight is 208 g/mol. The predicted octanol–water partition coefficient (Wildman–Crippen LogP) is 0.445. The number of hydrogen-bond acceptors (Lipinski definition) is 5. The van der Waals surface area contributed by atoms with Crippen molar-refractivity contribution in [2.45, 2.75) is 19.1 Å². The standard InChI is InChI=1S/C9H12N4O2/c1-5(14)7(10)9-12-8(13-15-9)6-3-2-4-11-6/h2-5,7,11,14H,10H2,1H3. The van der Waals surface area contributed by atoms with E-state index in [9.17, 15) is 5.11 Å². The fourth-order valence-corrected chi connectivity index (χ4v) is 1.16. The molecule has 2 heterocycles. The highest BCUT2D eigenvalue weighted by molar-refractivity contribution is 5.47. The maximum absolute atomic E-state index is 9.25. The van der Waals surface area contributed by atoms with Crippen LogP contribution in [0.5, 0.6) is 0 Å². The van der Waals surface area contributed by atoms with Crippen molar-refractivity contribution in [3.05, 3.63) is 24.2 Å². The highest BCUT2D eigenvalue weighted by atomic mass is 16.5. The Labute approximate surface area is 86.1 Å². The van der Waals surface area contributed by atoms with Crippen LogP contribution in [0.25, 0.3) is 11.5 Å². The molecular weight excluding hydrogens is 196 g/mol. The van der Waals surface area contributed by atoms with Crippen molar-refractivity contribution in [1.29, 1.82) is 0 Å². The van der Waals surface area contributed by atoms with E-state index in [2.05, 4.69) is 15.1 Å². The summed E-state index contributed by atoms with van der Waals surface area (Å²) in [6.45, 7) is 1.57. The lowest BCUT2D eigenvalue weighted by Gasteiger charge is -2.08. The fraction of sp³-hybridized carbons (Fsp3) is 0.333. The summed E-state index contributed by atoms with van der Waals surface area (Å²) >= 11 is 0. The van der Waals surface area contributed by atoms with Crippen LogP contribution >= 0.6 is 0 Å². The summed E-state index contributed by atoms with van der Waals surface area (Å²) in [6.07, 6.45) is 1.04. The van der Waals surface area contributed by atoms with E-state index in [0.717, 1.165) is 5.69 Å². The average Bonchev–Trinajstić information content (AvgIpc) is 2.86. The van der Waals surface area contributed by atoms with Crippen molar-refractivity contribution < 1.29 is 9.63 Å². The molecule has 0 aromatic carbocycles. The van der Waals surface area contributed by atoms with Crippen molar-refractivity contribution in [1.82, 2.24) is 15.1 Å². The van der Waals surface area contributed by atoms with Gasteiger partial charge in [-0.05, 0) is 19.1 Å². The monoisotopic (exact) mass is 208 g/mol. The topological polar surface area (TPSA) is 101 Å². The minimum absolute atomic E-state index is 0.231. The van der Waals surface area contributed by atoms with Gasteiger partial charge in [0.1, 0.15) is 6.04 Å². The van der Waals surface area contributed by atoms with Crippen molar-refractivity contribution in [3.63, 3.8) is 0 Å². The van der Waals surface area contributed by atoms with Crippen molar-refractivity contribution in [2.24, 2.45) is 5.73 Å². The number of nitrogens with zero attached hydrogens (tertiary/aromatic N) is 2. The first kappa shape index (κ1) is 9.88. The van der Waals surface area contributed by atoms with E-state index in [4.69, 9.17) is 10.3 Å². The number of aromatic amines is 1. The van der Waals surface area contributed by atoms with Gasteiger partial charge in [0.15, 0.2) is 0 Å². The second kappa shape index (κ2) is 3.84. The number of rotatable bonds is 3. The normalized spacial score (nSPS) is 15.1. The molecule has 0 aliphatic heterocycles. The summed E-state index contributed by atoms with van der Waals surface area (Å²) in [5.74, 6) is 0.667. The zero-order valence-electron chi connectivity index (χ0n) is 8.21. The molecule has 80 valence electrons. The number of hydrogen-bond donors (Lipinski definition) is 3. The lowest BCUT2D eigenvalue weighted by atomic mass is 10.2. The molecule has 0 aliphatic carbocycles. The molecule has 6 nitrogen and oxygen atoms in total. The molecule has 6 heteroatoms. The van der Waals surface area contributed by atoms with Gasteiger partial charge in [-0.2, -0.15) is 4.98 Å². The van der Waals surface area contributed by atoms with E-state index in [1.165, 1.54) is 0 Å². The molecular formula is C9H12N4O2. The summed E-state index contributed by atoms with van der Waals surface area (Å²) < 4.78 is 4.95. The lowest BCUT2D eigenvalue weighted by Crippen LogP contribution is -2.23. The van der Waals surface area contributed by atoms with Crippen LogP contribution in [0.2, 0.25) is 0 Å². The Kier molecular flexibility index (Phi) is 2.53. The summed E-state index contributed by atoms with van der Waals surface area (Å²) in [4.78, 5) is 7.03. The van der Waals surface area contributed by atoms with Gasteiger partial charge < -0.3 is 20.3 Å². The Bertz CT molecular complexity index is 421. The quantitative estimate of drug-likeness (QED) is 0.679. The van der Waals surface area contributed by atoms with Gasteiger partial charge in [-0.3, -0.25) is 0 Å². The fourth-order valence-electron chi connectivity index (χ4n) is 1.16. The van der Waals surface area contributed by atoms with E-state index in [1.807, 2.05) is 12.1 Å². The number of aromatic nitrogens is 3. The molecule has 0 radical (unpaired) electrons. The summed E-state index contributed by atoms with van der Waals surface area (Å²) in [6, 6.07) is 3.00. The molecule has 0 fully saturated rings. The smallest absolute Gasteiger partial charge is 0.246 e. The minimum Gasteiger partial charge on any atom is -0.391 e. The van der Waals surface area contributed by atoms with Crippen molar-refractivity contribution in [3.8, 4) is 11.5 Å². The number of H-pyrrole nitrogens is 1. The summed E-state index contributed by atoms with van der Waals surface area (Å²) in [7, 11) is 0. The Morgan fingerprint density at radius 3 is 3.00 bits per heavy atom. The summed E-state index contributed by atoms with van der Waals surface area (Å²) in [5, 5.41) is 13.0. The molecule has 2 aromatic rings. The van der Waals surface area contributed by atoms with E-state index < -0.39 is 12.1 Å². The van der Waals surface area contributed by atoms with Gasteiger partial charge in [0.25, 0.3) is 0 Å². The van der Waals surface area contributed by atoms with Crippen LogP contribution in [0.3, 0.4) is 0 Å². The molecule has 2 rings (SSSR count). The molecule has 15 heavy (non-hydrogen) atoms. The maximum Gasteiger partial charge on any atom is 0.246 e. The zero-order valence-corrected chi connectivity index (χ0v) is 8.21. The van der Waals surface area contributed by atoms with E-state index in [1.54, 1.807) is 13.1 Å². The molecule has 2 unspecified atom stereocenters. The Morgan fingerprint density at radius 1 is 1.60 bits per heavy atom. The number of nitrogens with two attached hydrogens (primary N) is 1. The Hall–Kier alpha value is -1.66. The Morgan fingerprint density at radius 2 is 2.40 bits per heavy atom. The molecule has 4 N–H and O–H groups in total. The third-order valence-corrected chi connectivity index (χ3v) is 2.09. The molecule has 2 aromatic heterocycles. The van der Waals surface area contributed by atoms with E-state index in [0.29, 0.717) is 5.82 Å². The largest absolute Gasteiger partial charge is 0.391 e. The number of aliphatic hydroxyl groups is 1. The maximum atomic E-state index is 9.25. The second-order valence-electron chi connectivity index (χ2n) is 3.31. The second-order valence-corrected chi connectivity index (χ2v) is 3.31. The molecule has 0 spiro atoms. The Balaban J connectivity index is 2.25. The third kappa shape index (κ3) is 1.90. The molecule has 0 bridgehead atoms. The molecule has 0 saturated carbocycles. The van der Waals surface area contributed by atoms with Crippen LogP contribution in [-0.2, 0) is 0 Å². The van der Waals surface area contributed by atoms with Crippen LogP contribution in [0.4, 0.5) is 0 Å². The van der Waals surface area contributed by atoms with E-state index in [-0.39, 0.29) is 5.89 Å². The number of nitrogens with one attached hydrogen (secondary N) is 1. The summed E-state index contributed by atoms with van der Waals surface area (Å²) in [5.41, 5.74) is 6.40. The van der Waals surface area contributed by atoms with Gasteiger partial charge in [0.2, 0.25) is 11.7 Å². The van der Waals surface area contributed by atoms with Gasteiger partial charge in [-0.25, -0.2) is 0 Å². The van der Waals surface area contributed by atoms with Crippen LogP contribution < -0.4 is 5.73 Å². The first-order valence-corrected chi connectivity index (χ1v) is 4.59.